The number of carbonyl (C=O) groups is 2. The average molecular weight is 242 g/mol. The molecule has 5 nitrogen and oxygen atoms in total. The maximum atomic E-state index is 11.5. The largest absolute Gasteiger partial charge is 0.481 e. The van der Waals surface area contributed by atoms with Gasteiger partial charge in [0.2, 0.25) is 0 Å². The van der Waals surface area contributed by atoms with Crippen LogP contribution in [0, 0.1) is 11.3 Å². The number of amides is 2. The van der Waals surface area contributed by atoms with E-state index in [0.717, 1.165) is 6.42 Å². The lowest BCUT2D eigenvalue weighted by atomic mass is 9.82. The lowest BCUT2D eigenvalue weighted by Gasteiger charge is -2.26. The standard InChI is InChI=1S/C12H22N2O3/c1-4-12(5-2,10(15)16)7-13-11(17)14-9-6-8(9)3/h8-9H,4-7H2,1-3H3,(H,15,16)(H2,13,14,17). The molecule has 2 unspecified atom stereocenters. The summed E-state index contributed by atoms with van der Waals surface area (Å²) in [5.41, 5.74) is -0.841. The Bertz CT molecular complexity index is 300. The van der Waals surface area contributed by atoms with Crippen LogP contribution in [-0.4, -0.2) is 29.7 Å². The second kappa shape index (κ2) is 5.38. The van der Waals surface area contributed by atoms with Crippen LogP contribution in [0.2, 0.25) is 0 Å². The van der Waals surface area contributed by atoms with Gasteiger partial charge in [-0.05, 0) is 25.2 Å². The van der Waals surface area contributed by atoms with E-state index in [4.69, 9.17) is 0 Å². The van der Waals surface area contributed by atoms with Crippen molar-refractivity contribution < 1.29 is 14.7 Å². The summed E-state index contributed by atoms with van der Waals surface area (Å²) < 4.78 is 0. The molecular formula is C12H22N2O3. The highest BCUT2D eigenvalue weighted by atomic mass is 16.4. The van der Waals surface area contributed by atoms with E-state index in [0.29, 0.717) is 18.8 Å². The Morgan fingerprint density at radius 3 is 2.24 bits per heavy atom. The third-order valence-electron chi connectivity index (χ3n) is 3.82. The molecule has 2 atom stereocenters. The smallest absolute Gasteiger partial charge is 0.315 e. The molecular weight excluding hydrogens is 220 g/mol. The molecule has 0 aromatic heterocycles. The van der Waals surface area contributed by atoms with Gasteiger partial charge in [0.1, 0.15) is 0 Å². The number of urea groups is 1. The van der Waals surface area contributed by atoms with Gasteiger partial charge in [0.05, 0.1) is 5.41 Å². The molecule has 0 radical (unpaired) electrons. The van der Waals surface area contributed by atoms with Crippen LogP contribution in [0.3, 0.4) is 0 Å². The van der Waals surface area contributed by atoms with E-state index in [1.807, 2.05) is 13.8 Å². The van der Waals surface area contributed by atoms with Crippen LogP contribution < -0.4 is 10.6 Å². The highest BCUT2D eigenvalue weighted by Crippen LogP contribution is 2.29. The topological polar surface area (TPSA) is 78.4 Å². The minimum absolute atomic E-state index is 0.183. The number of aliphatic carboxylic acids is 1. The van der Waals surface area contributed by atoms with Crippen molar-refractivity contribution in [3.8, 4) is 0 Å². The summed E-state index contributed by atoms with van der Waals surface area (Å²) in [6.45, 7) is 5.92. The van der Waals surface area contributed by atoms with Gasteiger partial charge in [-0.2, -0.15) is 0 Å². The average Bonchev–Trinajstić information content (AvgIpc) is 2.96. The molecule has 1 rings (SSSR count). The van der Waals surface area contributed by atoms with Gasteiger partial charge in [-0.3, -0.25) is 4.79 Å². The Morgan fingerprint density at radius 2 is 1.88 bits per heavy atom. The highest BCUT2D eigenvalue weighted by molar-refractivity contribution is 5.78. The fraction of sp³-hybridized carbons (Fsp3) is 0.833. The number of carbonyl (C=O) groups excluding carboxylic acids is 1. The van der Waals surface area contributed by atoms with Gasteiger partial charge in [-0.1, -0.05) is 20.8 Å². The Balaban J connectivity index is 2.40. The number of nitrogens with one attached hydrogen (secondary N) is 2. The van der Waals surface area contributed by atoms with Crippen LogP contribution in [0.4, 0.5) is 4.79 Å². The molecule has 0 spiro atoms. The molecule has 1 aliphatic carbocycles. The molecule has 17 heavy (non-hydrogen) atoms. The molecule has 0 bridgehead atoms. The molecule has 5 heteroatoms. The zero-order chi connectivity index (χ0) is 13.1. The predicted octanol–water partition coefficient (Wildman–Crippen LogP) is 1.58. The van der Waals surface area contributed by atoms with Crippen molar-refractivity contribution >= 4 is 12.0 Å². The summed E-state index contributed by atoms with van der Waals surface area (Å²) >= 11 is 0. The molecule has 0 aromatic carbocycles. The number of hydrogen-bond acceptors (Lipinski definition) is 2. The summed E-state index contributed by atoms with van der Waals surface area (Å²) in [5, 5.41) is 14.7. The minimum Gasteiger partial charge on any atom is -0.481 e. The van der Waals surface area contributed by atoms with Gasteiger partial charge in [0, 0.05) is 12.6 Å². The van der Waals surface area contributed by atoms with Crippen LogP contribution in [0.15, 0.2) is 0 Å². The predicted molar refractivity (Wildman–Crippen MR) is 64.8 cm³/mol. The molecule has 3 N–H and O–H groups in total. The second-order valence-electron chi connectivity index (χ2n) is 4.94. The first kappa shape index (κ1) is 13.8. The third kappa shape index (κ3) is 3.35. The van der Waals surface area contributed by atoms with Crippen LogP contribution in [0.5, 0.6) is 0 Å². The molecule has 1 fully saturated rings. The summed E-state index contributed by atoms with van der Waals surface area (Å²) in [4.78, 5) is 22.7. The van der Waals surface area contributed by atoms with Crippen molar-refractivity contribution in [2.75, 3.05) is 6.54 Å². The zero-order valence-electron chi connectivity index (χ0n) is 10.7. The van der Waals surface area contributed by atoms with Crippen LogP contribution in [0.1, 0.15) is 40.0 Å². The first-order valence-electron chi connectivity index (χ1n) is 6.23. The number of hydrogen-bond donors (Lipinski definition) is 3. The van der Waals surface area contributed by atoms with E-state index >= 15 is 0 Å². The van der Waals surface area contributed by atoms with Crippen molar-refractivity contribution in [2.45, 2.75) is 46.1 Å². The van der Waals surface area contributed by atoms with E-state index in [1.165, 1.54) is 0 Å². The van der Waals surface area contributed by atoms with Gasteiger partial charge in [0.25, 0.3) is 0 Å². The van der Waals surface area contributed by atoms with Crippen LogP contribution in [0.25, 0.3) is 0 Å². The molecule has 0 aromatic rings. The maximum absolute atomic E-state index is 11.5. The SMILES string of the molecule is CCC(CC)(CNC(=O)NC1CC1C)C(=O)O. The molecule has 1 saturated carbocycles. The zero-order valence-corrected chi connectivity index (χ0v) is 10.7. The first-order chi connectivity index (χ1) is 7.95. The van der Waals surface area contributed by atoms with Crippen molar-refractivity contribution in [3.63, 3.8) is 0 Å². The van der Waals surface area contributed by atoms with Gasteiger partial charge in [-0.15, -0.1) is 0 Å². The van der Waals surface area contributed by atoms with Crippen molar-refractivity contribution in [3.05, 3.63) is 0 Å². The fourth-order valence-electron chi connectivity index (χ4n) is 1.87. The fourth-order valence-corrected chi connectivity index (χ4v) is 1.87. The maximum Gasteiger partial charge on any atom is 0.315 e. The number of carboxylic acid groups (broad SMARTS) is 1. The quantitative estimate of drug-likeness (QED) is 0.661. The Hall–Kier alpha value is -1.26. The third-order valence-corrected chi connectivity index (χ3v) is 3.82. The number of carboxylic acids is 1. The molecule has 0 aliphatic heterocycles. The van der Waals surface area contributed by atoms with E-state index in [1.54, 1.807) is 0 Å². The van der Waals surface area contributed by atoms with Gasteiger partial charge < -0.3 is 15.7 Å². The molecule has 0 saturated heterocycles. The minimum atomic E-state index is -0.845. The highest BCUT2D eigenvalue weighted by Gasteiger charge is 2.37. The van der Waals surface area contributed by atoms with Crippen molar-refractivity contribution in [1.29, 1.82) is 0 Å². The Morgan fingerprint density at radius 1 is 1.35 bits per heavy atom. The van der Waals surface area contributed by atoms with E-state index in [-0.39, 0.29) is 18.6 Å². The summed E-state index contributed by atoms with van der Waals surface area (Å²) in [5.74, 6) is -0.301. The van der Waals surface area contributed by atoms with E-state index in [2.05, 4.69) is 17.6 Å². The van der Waals surface area contributed by atoms with E-state index < -0.39 is 11.4 Å². The van der Waals surface area contributed by atoms with Gasteiger partial charge >= 0.3 is 12.0 Å². The van der Waals surface area contributed by atoms with Crippen molar-refractivity contribution in [1.82, 2.24) is 10.6 Å². The van der Waals surface area contributed by atoms with E-state index in [9.17, 15) is 14.7 Å². The lowest BCUT2D eigenvalue weighted by molar-refractivity contribution is -0.149. The van der Waals surface area contributed by atoms with Gasteiger partial charge in [0.15, 0.2) is 0 Å². The monoisotopic (exact) mass is 242 g/mol. The Kier molecular flexibility index (Phi) is 4.37. The second-order valence-corrected chi connectivity index (χ2v) is 4.94. The van der Waals surface area contributed by atoms with Gasteiger partial charge in [-0.25, -0.2) is 4.79 Å². The van der Waals surface area contributed by atoms with Crippen LogP contribution >= 0.6 is 0 Å². The lowest BCUT2D eigenvalue weighted by Crippen LogP contribution is -2.46. The summed E-state index contributed by atoms with van der Waals surface area (Å²) in [7, 11) is 0. The number of rotatable bonds is 6. The van der Waals surface area contributed by atoms with Crippen LogP contribution in [-0.2, 0) is 4.79 Å². The van der Waals surface area contributed by atoms with Crippen molar-refractivity contribution in [2.24, 2.45) is 11.3 Å². The summed E-state index contributed by atoms with van der Waals surface area (Å²) in [6.07, 6.45) is 2.04. The normalized spacial score (nSPS) is 23.0. The molecule has 2 amide bonds. The Labute approximate surface area is 102 Å². The molecule has 98 valence electrons. The first-order valence-corrected chi connectivity index (χ1v) is 6.23. The summed E-state index contributed by atoms with van der Waals surface area (Å²) in [6, 6.07) is 0.00403. The molecule has 1 aliphatic rings. The molecule has 0 heterocycles.